The number of rotatable bonds is 6. The van der Waals surface area contributed by atoms with E-state index in [4.69, 9.17) is 9.72 Å². The van der Waals surface area contributed by atoms with Crippen molar-refractivity contribution in [2.24, 2.45) is 0 Å². The lowest BCUT2D eigenvalue weighted by molar-refractivity contribution is 0.237. The van der Waals surface area contributed by atoms with Crippen molar-refractivity contribution in [1.82, 2.24) is 35.0 Å². The van der Waals surface area contributed by atoms with Gasteiger partial charge in [0.2, 0.25) is 0 Å². The summed E-state index contributed by atoms with van der Waals surface area (Å²) >= 11 is 0. The Balaban J connectivity index is 1.28. The van der Waals surface area contributed by atoms with E-state index in [1.807, 2.05) is 42.7 Å². The van der Waals surface area contributed by atoms with Crippen LogP contribution in [0.1, 0.15) is 12.8 Å². The zero-order valence-corrected chi connectivity index (χ0v) is 17.6. The van der Waals surface area contributed by atoms with Crippen LogP contribution in [-0.2, 0) is 0 Å². The topological polar surface area (TPSA) is 95.6 Å². The normalized spacial score (nSPS) is 14.5. The van der Waals surface area contributed by atoms with Crippen molar-refractivity contribution in [2.75, 3.05) is 26.2 Å². The number of nitrogens with zero attached hydrogens (tertiary/aromatic N) is 5. The number of H-pyrrole nitrogens is 2. The minimum Gasteiger partial charge on any atom is -0.491 e. The van der Waals surface area contributed by atoms with Crippen LogP contribution < -0.4 is 4.74 Å². The van der Waals surface area contributed by atoms with Gasteiger partial charge in [0.05, 0.1) is 23.1 Å². The van der Waals surface area contributed by atoms with E-state index in [0.717, 1.165) is 56.9 Å². The lowest BCUT2D eigenvalue weighted by atomic mass is 10.1. The van der Waals surface area contributed by atoms with Crippen molar-refractivity contribution in [3.8, 4) is 28.4 Å². The molecule has 0 saturated carbocycles. The molecule has 0 radical (unpaired) electrons. The molecule has 6 rings (SSSR count). The molecule has 1 saturated heterocycles. The number of aromatic nitrogens is 6. The predicted molar refractivity (Wildman–Crippen MR) is 123 cm³/mol. The molecule has 8 nitrogen and oxygen atoms in total. The summed E-state index contributed by atoms with van der Waals surface area (Å²) in [6, 6.07) is 9.97. The summed E-state index contributed by atoms with van der Waals surface area (Å²) in [7, 11) is 0. The van der Waals surface area contributed by atoms with E-state index >= 15 is 0 Å². The highest BCUT2D eigenvalue weighted by Gasteiger charge is 2.14. The van der Waals surface area contributed by atoms with Crippen LogP contribution >= 0.6 is 0 Å². The van der Waals surface area contributed by atoms with Crippen molar-refractivity contribution in [1.29, 1.82) is 0 Å². The summed E-state index contributed by atoms with van der Waals surface area (Å²) in [5, 5.41) is 8.63. The van der Waals surface area contributed by atoms with Crippen molar-refractivity contribution in [2.45, 2.75) is 12.8 Å². The number of ether oxygens (including phenoxy) is 1. The van der Waals surface area contributed by atoms with E-state index in [9.17, 15) is 0 Å². The fraction of sp³-hybridized carbons (Fsp3) is 0.250. The molecule has 32 heavy (non-hydrogen) atoms. The summed E-state index contributed by atoms with van der Waals surface area (Å²) in [6.45, 7) is 3.96. The maximum Gasteiger partial charge on any atom is 0.138 e. The van der Waals surface area contributed by atoms with Gasteiger partial charge in [-0.1, -0.05) is 0 Å². The average Bonchev–Trinajstić information content (AvgIpc) is 3.58. The van der Waals surface area contributed by atoms with Crippen LogP contribution in [0.15, 0.2) is 55.1 Å². The van der Waals surface area contributed by atoms with Crippen molar-refractivity contribution in [3.63, 3.8) is 0 Å². The third kappa shape index (κ3) is 3.58. The number of hydrogen-bond donors (Lipinski definition) is 2. The molecule has 0 bridgehead atoms. The molecule has 6 heterocycles. The molecule has 5 aromatic heterocycles. The molecular weight excluding hydrogens is 402 g/mol. The molecule has 0 aliphatic carbocycles. The highest BCUT2D eigenvalue weighted by atomic mass is 16.5. The van der Waals surface area contributed by atoms with Crippen LogP contribution in [0.3, 0.4) is 0 Å². The summed E-state index contributed by atoms with van der Waals surface area (Å²) in [6.07, 6.45) is 9.76. The van der Waals surface area contributed by atoms with E-state index in [2.05, 4.69) is 30.0 Å². The zero-order chi connectivity index (χ0) is 21.3. The monoisotopic (exact) mass is 425 g/mol. The maximum absolute atomic E-state index is 5.97. The molecule has 1 fully saturated rings. The zero-order valence-electron chi connectivity index (χ0n) is 17.6. The molecule has 5 aromatic rings. The first kappa shape index (κ1) is 18.9. The Kier molecular flexibility index (Phi) is 4.77. The maximum atomic E-state index is 5.97. The number of hydrogen-bond acceptors (Lipinski definition) is 6. The smallest absolute Gasteiger partial charge is 0.138 e. The van der Waals surface area contributed by atoms with Gasteiger partial charge in [-0.2, -0.15) is 5.10 Å². The number of fused-ring (bicyclic) bond motifs is 2. The molecular formula is C24H23N7O. The molecule has 0 spiro atoms. The van der Waals surface area contributed by atoms with Gasteiger partial charge in [-0.3, -0.25) is 20.0 Å². The first-order chi connectivity index (χ1) is 15.8. The van der Waals surface area contributed by atoms with Crippen LogP contribution in [0.2, 0.25) is 0 Å². The molecule has 0 unspecified atom stereocenters. The Bertz CT molecular complexity index is 1350. The van der Waals surface area contributed by atoms with Crippen molar-refractivity contribution in [3.05, 3.63) is 55.1 Å². The van der Waals surface area contributed by atoms with Crippen LogP contribution in [0, 0.1) is 0 Å². The van der Waals surface area contributed by atoms with Gasteiger partial charge in [0.25, 0.3) is 0 Å². The third-order valence-corrected chi connectivity index (χ3v) is 5.97. The number of aromatic amines is 2. The number of nitrogens with one attached hydrogen (secondary N) is 2. The first-order valence-corrected chi connectivity index (χ1v) is 10.9. The standard InChI is InChI=1S/C24H23N7O/c1-2-8-31(7-1)9-10-32-18-11-16(14-26-15-18)19-3-4-21-23(28-19)24(30-29-21)22-12-17-13-25-6-5-20(17)27-22/h3-6,11-15,27H,1-2,7-10H2,(H,29,30). The third-order valence-electron chi connectivity index (χ3n) is 5.97. The largest absolute Gasteiger partial charge is 0.491 e. The van der Waals surface area contributed by atoms with Crippen LogP contribution in [-0.4, -0.2) is 61.3 Å². The van der Waals surface area contributed by atoms with Crippen molar-refractivity contribution < 1.29 is 4.74 Å². The Morgan fingerprint density at radius 3 is 2.81 bits per heavy atom. The molecule has 0 aromatic carbocycles. The second-order valence-electron chi connectivity index (χ2n) is 8.12. The van der Waals surface area contributed by atoms with Gasteiger partial charge < -0.3 is 9.72 Å². The van der Waals surface area contributed by atoms with E-state index in [0.29, 0.717) is 6.61 Å². The lowest BCUT2D eigenvalue weighted by Gasteiger charge is -2.15. The lowest BCUT2D eigenvalue weighted by Crippen LogP contribution is -2.25. The Labute approximate surface area is 184 Å². The van der Waals surface area contributed by atoms with Gasteiger partial charge in [-0.25, -0.2) is 4.98 Å². The minimum atomic E-state index is 0.665. The molecule has 0 atom stereocenters. The van der Waals surface area contributed by atoms with Gasteiger partial charge >= 0.3 is 0 Å². The van der Waals surface area contributed by atoms with E-state index in [1.165, 1.54) is 25.9 Å². The number of likely N-dealkylation sites (tertiary alicyclic amines) is 1. The van der Waals surface area contributed by atoms with E-state index < -0.39 is 0 Å². The number of pyridine rings is 3. The Hall–Kier alpha value is -3.78. The highest BCUT2D eigenvalue weighted by molar-refractivity contribution is 5.94. The predicted octanol–water partition coefficient (Wildman–Crippen LogP) is 4.04. The summed E-state index contributed by atoms with van der Waals surface area (Å²) < 4.78 is 5.97. The van der Waals surface area contributed by atoms with Gasteiger partial charge in [0, 0.05) is 41.6 Å². The van der Waals surface area contributed by atoms with Crippen LogP contribution in [0.5, 0.6) is 5.75 Å². The van der Waals surface area contributed by atoms with Gasteiger partial charge in [-0.15, -0.1) is 0 Å². The Morgan fingerprint density at radius 1 is 0.969 bits per heavy atom. The quantitative estimate of drug-likeness (QED) is 0.426. The van der Waals surface area contributed by atoms with Gasteiger partial charge in [0.15, 0.2) is 0 Å². The summed E-state index contributed by atoms with van der Waals surface area (Å²) in [4.78, 5) is 19.3. The molecule has 2 N–H and O–H groups in total. The van der Waals surface area contributed by atoms with Gasteiger partial charge in [0.1, 0.15) is 23.6 Å². The van der Waals surface area contributed by atoms with E-state index in [1.54, 1.807) is 12.4 Å². The molecule has 1 aliphatic heterocycles. The summed E-state index contributed by atoms with van der Waals surface area (Å²) in [5.74, 6) is 0.763. The molecule has 160 valence electrons. The SMILES string of the molecule is c1cc2[nH]c(-c3n[nH]c4ccc(-c5cncc(OCCN6CCCC6)c5)nc34)cc2cn1. The van der Waals surface area contributed by atoms with Crippen LogP contribution in [0.25, 0.3) is 44.6 Å². The molecule has 1 aliphatic rings. The molecule has 0 amide bonds. The van der Waals surface area contributed by atoms with Gasteiger partial charge in [-0.05, 0) is 56.3 Å². The Morgan fingerprint density at radius 2 is 1.91 bits per heavy atom. The fourth-order valence-corrected chi connectivity index (χ4v) is 4.28. The van der Waals surface area contributed by atoms with E-state index in [-0.39, 0.29) is 0 Å². The average molecular weight is 425 g/mol. The fourth-order valence-electron chi connectivity index (χ4n) is 4.28. The first-order valence-electron chi connectivity index (χ1n) is 10.9. The summed E-state index contributed by atoms with van der Waals surface area (Å²) in [5.41, 5.74) is 6.14. The highest BCUT2D eigenvalue weighted by Crippen LogP contribution is 2.29. The molecule has 8 heteroatoms. The second kappa shape index (κ2) is 8.05. The van der Waals surface area contributed by atoms with Crippen molar-refractivity contribution >= 4 is 21.9 Å². The second-order valence-corrected chi connectivity index (χ2v) is 8.12. The minimum absolute atomic E-state index is 0.665. The van der Waals surface area contributed by atoms with Crippen LogP contribution in [0.4, 0.5) is 0 Å².